The van der Waals surface area contributed by atoms with E-state index in [4.69, 9.17) is 10.8 Å². The van der Waals surface area contributed by atoms with Crippen LogP contribution in [0.2, 0.25) is 0 Å². The highest BCUT2D eigenvalue weighted by atomic mass is 32.2. The summed E-state index contributed by atoms with van der Waals surface area (Å²) in [7, 11) is -2.11. The molecule has 1 unspecified atom stereocenters. The maximum Gasteiger partial charge on any atom is 0.240 e. The fourth-order valence-electron chi connectivity index (χ4n) is 1.58. The third kappa shape index (κ3) is 4.38. The number of benzene rings is 1. The van der Waals surface area contributed by atoms with Crippen LogP contribution in [0.25, 0.3) is 0 Å². The van der Waals surface area contributed by atoms with E-state index in [2.05, 4.69) is 10.0 Å². The summed E-state index contributed by atoms with van der Waals surface area (Å²) in [6.45, 7) is 2.74. The molecule has 1 rings (SSSR count). The molecule has 0 saturated carbocycles. The number of hydrogen-bond acceptors (Lipinski definition) is 5. The summed E-state index contributed by atoms with van der Waals surface area (Å²) in [5, 5.41) is 11.9. The average Bonchev–Trinajstić information content (AvgIpc) is 2.38. The van der Waals surface area contributed by atoms with Crippen molar-refractivity contribution < 1.29 is 13.5 Å². The first-order chi connectivity index (χ1) is 8.90. The van der Waals surface area contributed by atoms with Crippen molar-refractivity contribution in [2.45, 2.75) is 18.2 Å². The van der Waals surface area contributed by atoms with Crippen LogP contribution in [0.5, 0.6) is 0 Å². The largest absolute Gasteiger partial charge is 0.397 e. The van der Waals surface area contributed by atoms with Crippen LogP contribution in [0.1, 0.15) is 13.3 Å². The molecule has 0 radical (unpaired) electrons. The Morgan fingerprint density at radius 2 is 2.11 bits per heavy atom. The SMILES string of the molecule is CNS(=O)(=O)c1ccc(N)c(NCC(C)CCO)c1. The molecule has 0 amide bonds. The van der Waals surface area contributed by atoms with Crippen molar-refractivity contribution in [2.24, 2.45) is 5.92 Å². The zero-order valence-electron chi connectivity index (χ0n) is 11.2. The molecule has 1 aromatic carbocycles. The summed E-state index contributed by atoms with van der Waals surface area (Å²) in [6.07, 6.45) is 0.682. The van der Waals surface area contributed by atoms with Crippen LogP contribution < -0.4 is 15.8 Å². The zero-order chi connectivity index (χ0) is 14.5. The van der Waals surface area contributed by atoms with Gasteiger partial charge in [-0.05, 0) is 37.6 Å². The van der Waals surface area contributed by atoms with Crippen LogP contribution >= 0.6 is 0 Å². The highest BCUT2D eigenvalue weighted by Crippen LogP contribution is 2.23. The second kappa shape index (κ2) is 6.74. The Hall–Kier alpha value is -1.31. The molecule has 5 N–H and O–H groups in total. The van der Waals surface area contributed by atoms with Gasteiger partial charge in [-0.1, -0.05) is 6.92 Å². The molecule has 0 aliphatic rings. The molecule has 0 fully saturated rings. The fourth-order valence-corrected chi connectivity index (χ4v) is 2.34. The monoisotopic (exact) mass is 287 g/mol. The lowest BCUT2D eigenvalue weighted by Crippen LogP contribution is -2.19. The Morgan fingerprint density at radius 1 is 1.42 bits per heavy atom. The summed E-state index contributed by atoms with van der Waals surface area (Å²) < 4.78 is 25.6. The Kier molecular flexibility index (Phi) is 5.59. The number of hydrogen-bond donors (Lipinski definition) is 4. The summed E-state index contributed by atoms with van der Waals surface area (Å²) in [4.78, 5) is 0.168. The number of nitrogens with one attached hydrogen (secondary N) is 2. The van der Waals surface area contributed by atoms with Crippen molar-refractivity contribution in [3.05, 3.63) is 18.2 Å². The first-order valence-corrected chi connectivity index (χ1v) is 7.57. The van der Waals surface area contributed by atoms with Gasteiger partial charge >= 0.3 is 0 Å². The van der Waals surface area contributed by atoms with Gasteiger partial charge < -0.3 is 16.2 Å². The van der Waals surface area contributed by atoms with Crippen molar-refractivity contribution >= 4 is 21.4 Å². The number of nitrogen functional groups attached to an aromatic ring is 1. The lowest BCUT2D eigenvalue weighted by atomic mass is 10.1. The number of sulfonamides is 1. The molecular formula is C12H21N3O3S. The van der Waals surface area contributed by atoms with Gasteiger partial charge in [0.1, 0.15) is 0 Å². The van der Waals surface area contributed by atoms with Gasteiger partial charge in [-0.25, -0.2) is 13.1 Å². The second-order valence-corrected chi connectivity index (χ2v) is 6.34. The van der Waals surface area contributed by atoms with Gasteiger partial charge in [-0.3, -0.25) is 0 Å². The Morgan fingerprint density at radius 3 is 2.68 bits per heavy atom. The smallest absolute Gasteiger partial charge is 0.240 e. The van der Waals surface area contributed by atoms with Crippen molar-refractivity contribution in [3.63, 3.8) is 0 Å². The molecule has 6 nitrogen and oxygen atoms in total. The first kappa shape index (κ1) is 15.7. The standard InChI is InChI=1S/C12H21N3O3S/c1-9(5-6-16)8-15-12-7-10(3-4-11(12)13)19(17,18)14-2/h3-4,7,9,14-16H,5-6,8,13H2,1-2H3. The molecule has 0 heterocycles. The molecule has 1 atom stereocenters. The van der Waals surface area contributed by atoms with Crippen LogP contribution in [-0.2, 0) is 10.0 Å². The van der Waals surface area contributed by atoms with E-state index in [1.54, 1.807) is 6.07 Å². The molecule has 0 aliphatic heterocycles. The minimum Gasteiger partial charge on any atom is -0.397 e. The minimum atomic E-state index is -3.47. The number of aliphatic hydroxyl groups is 1. The molecule has 0 spiro atoms. The van der Waals surface area contributed by atoms with Gasteiger partial charge in [0, 0.05) is 13.2 Å². The van der Waals surface area contributed by atoms with E-state index < -0.39 is 10.0 Å². The van der Waals surface area contributed by atoms with Crippen LogP contribution in [0, 0.1) is 5.92 Å². The first-order valence-electron chi connectivity index (χ1n) is 6.08. The maximum atomic E-state index is 11.7. The van der Waals surface area contributed by atoms with Crippen LogP contribution in [0.3, 0.4) is 0 Å². The van der Waals surface area contributed by atoms with Crippen molar-refractivity contribution in [2.75, 3.05) is 31.2 Å². The van der Waals surface area contributed by atoms with E-state index >= 15 is 0 Å². The van der Waals surface area contributed by atoms with Crippen molar-refractivity contribution in [1.82, 2.24) is 4.72 Å². The predicted octanol–water partition coefficient (Wildman–Crippen LogP) is 0.607. The average molecular weight is 287 g/mol. The topological polar surface area (TPSA) is 104 Å². The molecule has 108 valence electrons. The molecule has 1 aromatic rings. The van der Waals surface area contributed by atoms with Gasteiger partial charge in [-0.2, -0.15) is 0 Å². The van der Waals surface area contributed by atoms with Crippen LogP contribution in [0.15, 0.2) is 23.1 Å². The quantitative estimate of drug-likeness (QED) is 0.550. The Labute approximate surface area is 114 Å². The Bertz CT molecular complexity index is 517. The highest BCUT2D eigenvalue weighted by Gasteiger charge is 2.13. The fraction of sp³-hybridized carbons (Fsp3) is 0.500. The predicted molar refractivity (Wildman–Crippen MR) is 76.5 cm³/mol. The molecule has 7 heteroatoms. The van der Waals surface area contributed by atoms with Crippen LogP contribution in [0.4, 0.5) is 11.4 Å². The van der Waals surface area contributed by atoms with E-state index in [1.807, 2.05) is 6.92 Å². The number of aliphatic hydroxyl groups excluding tert-OH is 1. The van der Waals surface area contributed by atoms with Gasteiger partial charge in [0.2, 0.25) is 10.0 Å². The summed E-state index contributed by atoms with van der Waals surface area (Å²) in [5.41, 5.74) is 6.88. The molecule has 0 aliphatic carbocycles. The third-order valence-corrected chi connectivity index (χ3v) is 4.28. The number of nitrogens with two attached hydrogens (primary N) is 1. The summed E-state index contributed by atoms with van der Waals surface area (Å²) >= 11 is 0. The van der Waals surface area contributed by atoms with Crippen molar-refractivity contribution in [1.29, 1.82) is 0 Å². The number of anilines is 2. The highest BCUT2D eigenvalue weighted by molar-refractivity contribution is 7.89. The van der Waals surface area contributed by atoms with Gasteiger partial charge in [0.25, 0.3) is 0 Å². The second-order valence-electron chi connectivity index (χ2n) is 4.45. The van der Waals surface area contributed by atoms with Crippen LogP contribution in [-0.4, -0.2) is 33.7 Å². The maximum absolute atomic E-state index is 11.7. The lowest BCUT2D eigenvalue weighted by Gasteiger charge is -2.15. The van der Waals surface area contributed by atoms with E-state index in [1.165, 1.54) is 19.2 Å². The van der Waals surface area contributed by atoms with Gasteiger partial charge in [0.05, 0.1) is 16.3 Å². The minimum absolute atomic E-state index is 0.131. The van der Waals surface area contributed by atoms with Gasteiger partial charge in [-0.15, -0.1) is 0 Å². The molecule has 0 bridgehead atoms. The van der Waals surface area contributed by atoms with Crippen molar-refractivity contribution in [3.8, 4) is 0 Å². The molecule has 0 aromatic heterocycles. The lowest BCUT2D eigenvalue weighted by molar-refractivity contribution is 0.266. The van der Waals surface area contributed by atoms with E-state index in [-0.39, 0.29) is 17.4 Å². The molecular weight excluding hydrogens is 266 g/mol. The summed E-state index contributed by atoms with van der Waals surface area (Å²) in [6, 6.07) is 4.53. The van der Waals surface area contributed by atoms with E-state index in [0.29, 0.717) is 24.3 Å². The van der Waals surface area contributed by atoms with Gasteiger partial charge in [0.15, 0.2) is 0 Å². The molecule has 0 saturated heterocycles. The Balaban J connectivity index is 2.87. The normalized spacial score (nSPS) is 13.2. The zero-order valence-corrected chi connectivity index (χ0v) is 12.0. The molecule has 19 heavy (non-hydrogen) atoms. The number of rotatable bonds is 7. The van der Waals surface area contributed by atoms with E-state index in [9.17, 15) is 8.42 Å². The third-order valence-electron chi connectivity index (χ3n) is 2.87. The summed E-state index contributed by atoms with van der Waals surface area (Å²) in [5.74, 6) is 0.272. The van der Waals surface area contributed by atoms with E-state index in [0.717, 1.165) is 0 Å².